The van der Waals surface area contributed by atoms with E-state index in [2.05, 4.69) is 254 Å². The summed E-state index contributed by atoms with van der Waals surface area (Å²) in [5.74, 6) is 0. The zero-order chi connectivity index (χ0) is 40.5. The van der Waals surface area contributed by atoms with Crippen LogP contribution in [0.2, 0.25) is 0 Å². The second-order valence-corrected chi connectivity index (χ2v) is 15.7. The summed E-state index contributed by atoms with van der Waals surface area (Å²) in [4.78, 5) is 2.40. The van der Waals surface area contributed by atoms with Gasteiger partial charge in [0.15, 0.2) is 0 Å². The van der Waals surface area contributed by atoms with Crippen LogP contribution in [0.4, 0.5) is 17.1 Å². The molecule has 0 saturated carbocycles. The van der Waals surface area contributed by atoms with E-state index in [0.29, 0.717) is 0 Å². The van der Waals surface area contributed by atoms with Gasteiger partial charge >= 0.3 is 0 Å². The molecule has 11 aromatic carbocycles. The molecule has 0 bridgehead atoms. The minimum Gasteiger partial charge on any atom is -0.310 e. The average molecular weight is 776 g/mol. The molecule has 0 unspecified atom stereocenters. The molecule has 61 heavy (non-hydrogen) atoms. The molecule has 0 aliphatic heterocycles. The van der Waals surface area contributed by atoms with Crippen LogP contribution in [0.3, 0.4) is 0 Å². The summed E-state index contributed by atoms with van der Waals surface area (Å²) in [6.07, 6.45) is 0. The van der Waals surface area contributed by atoms with E-state index in [9.17, 15) is 0 Å². The topological polar surface area (TPSA) is 3.24 Å². The number of hydrogen-bond donors (Lipinski definition) is 0. The van der Waals surface area contributed by atoms with Crippen LogP contribution < -0.4 is 4.90 Å². The van der Waals surface area contributed by atoms with E-state index in [0.717, 1.165) is 17.1 Å². The van der Waals surface area contributed by atoms with Crippen molar-refractivity contribution in [2.24, 2.45) is 0 Å². The third-order valence-corrected chi connectivity index (χ3v) is 12.0. The van der Waals surface area contributed by atoms with Gasteiger partial charge < -0.3 is 4.90 Å². The Morgan fingerprint density at radius 1 is 0.213 bits per heavy atom. The third kappa shape index (κ3) is 6.83. The smallest absolute Gasteiger partial charge is 0.0468 e. The average Bonchev–Trinajstić information content (AvgIpc) is 3.35. The van der Waals surface area contributed by atoms with Crippen LogP contribution in [0.5, 0.6) is 0 Å². The number of nitrogens with zero attached hydrogens (tertiary/aromatic N) is 1. The summed E-state index contributed by atoms with van der Waals surface area (Å²) >= 11 is 0. The van der Waals surface area contributed by atoms with Crippen LogP contribution in [0.15, 0.2) is 249 Å². The second-order valence-electron chi connectivity index (χ2n) is 15.7. The zero-order valence-corrected chi connectivity index (χ0v) is 33.6. The molecule has 1 nitrogen and oxygen atoms in total. The third-order valence-electron chi connectivity index (χ3n) is 12.0. The lowest BCUT2D eigenvalue weighted by Gasteiger charge is -2.28. The van der Waals surface area contributed by atoms with Crippen LogP contribution in [0.1, 0.15) is 0 Å². The highest BCUT2D eigenvalue weighted by Crippen LogP contribution is 2.45. The van der Waals surface area contributed by atoms with Gasteiger partial charge in [0.05, 0.1) is 0 Å². The first-order chi connectivity index (χ1) is 30.2. The molecule has 0 aromatic heterocycles. The molecule has 0 saturated heterocycles. The fourth-order valence-electron chi connectivity index (χ4n) is 9.05. The van der Waals surface area contributed by atoms with Crippen molar-refractivity contribution in [1.82, 2.24) is 0 Å². The number of anilines is 3. The number of fused-ring (bicyclic) bond motifs is 5. The van der Waals surface area contributed by atoms with Crippen molar-refractivity contribution in [3.8, 4) is 55.6 Å². The van der Waals surface area contributed by atoms with Crippen LogP contribution in [0, 0.1) is 0 Å². The van der Waals surface area contributed by atoms with Gasteiger partial charge in [0.25, 0.3) is 0 Å². The van der Waals surface area contributed by atoms with Gasteiger partial charge in [-0.3, -0.25) is 0 Å². The van der Waals surface area contributed by atoms with Gasteiger partial charge in [0.2, 0.25) is 0 Å². The highest BCUT2D eigenvalue weighted by molar-refractivity contribution is 6.24. The Balaban J connectivity index is 1.08. The molecule has 0 aliphatic rings. The van der Waals surface area contributed by atoms with E-state index in [1.165, 1.54) is 88.0 Å². The van der Waals surface area contributed by atoms with Gasteiger partial charge in [-0.15, -0.1) is 0 Å². The lowest BCUT2D eigenvalue weighted by Crippen LogP contribution is -2.10. The Bertz CT molecular complexity index is 3300. The Morgan fingerprint density at radius 3 is 1.34 bits per heavy atom. The normalized spacial score (nSPS) is 11.3. The van der Waals surface area contributed by atoms with E-state index in [1.54, 1.807) is 0 Å². The number of hydrogen-bond acceptors (Lipinski definition) is 1. The summed E-state index contributed by atoms with van der Waals surface area (Å²) < 4.78 is 0. The van der Waals surface area contributed by atoms with Crippen molar-refractivity contribution in [1.29, 1.82) is 0 Å². The lowest BCUT2D eigenvalue weighted by atomic mass is 9.87. The first-order valence-electron chi connectivity index (χ1n) is 21.0. The van der Waals surface area contributed by atoms with Crippen LogP contribution >= 0.6 is 0 Å². The summed E-state index contributed by atoms with van der Waals surface area (Å²) in [5, 5.41) is 7.58. The van der Waals surface area contributed by atoms with Crippen molar-refractivity contribution in [2.45, 2.75) is 0 Å². The molecule has 0 spiro atoms. The summed E-state index contributed by atoms with van der Waals surface area (Å²) in [5.41, 5.74) is 15.2. The highest BCUT2D eigenvalue weighted by Gasteiger charge is 2.20. The maximum Gasteiger partial charge on any atom is 0.0468 e. The van der Waals surface area contributed by atoms with E-state index >= 15 is 0 Å². The molecule has 11 rings (SSSR count). The Hall–Kier alpha value is -8.00. The van der Waals surface area contributed by atoms with Crippen molar-refractivity contribution in [3.05, 3.63) is 249 Å². The Kier molecular flexibility index (Phi) is 9.26. The molecule has 11 aromatic rings. The Labute approximate surface area is 357 Å². The monoisotopic (exact) mass is 775 g/mol. The van der Waals surface area contributed by atoms with Gasteiger partial charge in [-0.1, -0.05) is 206 Å². The van der Waals surface area contributed by atoms with Gasteiger partial charge in [-0.05, 0) is 130 Å². The minimum atomic E-state index is 1.09. The van der Waals surface area contributed by atoms with E-state index in [4.69, 9.17) is 0 Å². The molecule has 0 aliphatic carbocycles. The van der Waals surface area contributed by atoms with E-state index < -0.39 is 0 Å². The minimum absolute atomic E-state index is 1.09. The molecule has 0 N–H and O–H groups in total. The van der Waals surface area contributed by atoms with Crippen LogP contribution in [0.25, 0.3) is 88.0 Å². The quantitative estimate of drug-likeness (QED) is 0.139. The lowest BCUT2D eigenvalue weighted by molar-refractivity contribution is 1.28. The molecule has 0 radical (unpaired) electrons. The summed E-state index contributed by atoms with van der Waals surface area (Å²) in [7, 11) is 0. The fourth-order valence-corrected chi connectivity index (χ4v) is 9.05. The number of benzene rings is 11. The molecule has 0 heterocycles. The number of rotatable bonds is 8. The maximum absolute atomic E-state index is 2.40. The predicted molar refractivity (Wildman–Crippen MR) is 261 cm³/mol. The first-order valence-corrected chi connectivity index (χ1v) is 21.0. The van der Waals surface area contributed by atoms with Crippen molar-refractivity contribution < 1.29 is 0 Å². The predicted octanol–water partition coefficient (Wildman–Crippen LogP) is 17.0. The molecule has 286 valence electrons. The first kappa shape index (κ1) is 36.1. The highest BCUT2D eigenvalue weighted by atomic mass is 15.1. The SMILES string of the molecule is c1ccc(-c2ccc(-c3ccc(N(c4cccc(-c5ccccc5)c4)c4ccc(-c5cc6ccccc6c6c5ccc5ccccc56)c(-c5ccccc5)c4)cc3)cc2)cc1. The van der Waals surface area contributed by atoms with E-state index in [1.807, 2.05) is 0 Å². The summed E-state index contributed by atoms with van der Waals surface area (Å²) in [6.45, 7) is 0. The standard InChI is InChI=1S/C60H41N/c1-4-15-42(16-5-1)44-27-29-45(30-28-44)46-31-34-51(35-32-46)61(52-24-14-23-49(39-52)43-17-6-2-7-18-43)53-36-38-56(58(41-53)47-19-8-3-9-20-47)59-40-50-22-11-13-26-55(50)60-54-25-12-10-21-48(54)33-37-57(59)60/h1-41H. The van der Waals surface area contributed by atoms with Gasteiger partial charge in [-0.2, -0.15) is 0 Å². The molecule has 0 fully saturated rings. The molecule has 0 atom stereocenters. The fraction of sp³-hybridized carbons (Fsp3) is 0. The van der Waals surface area contributed by atoms with Gasteiger partial charge in [0.1, 0.15) is 0 Å². The van der Waals surface area contributed by atoms with Crippen molar-refractivity contribution in [2.75, 3.05) is 4.90 Å². The largest absolute Gasteiger partial charge is 0.310 e. The van der Waals surface area contributed by atoms with Gasteiger partial charge in [-0.25, -0.2) is 0 Å². The zero-order valence-electron chi connectivity index (χ0n) is 33.6. The molecule has 1 heteroatoms. The van der Waals surface area contributed by atoms with E-state index in [-0.39, 0.29) is 0 Å². The van der Waals surface area contributed by atoms with Crippen molar-refractivity contribution in [3.63, 3.8) is 0 Å². The Morgan fingerprint density at radius 2 is 0.689 bits per heavy atom. The van der Waals surface area contributed by atoms with Crippen LogP contribution in [-0.4, -0.2) is 0 Å². The molecule has 0 amide bonds. The molecular formula is C60H41N. The maximum atomic E-state index is 2.40. The summed E-state index contributed by atoms with van der Waals surface area (Å²) in [6, 6.07) is 90.5. The van der Waals surface area contributed by atoms with Gasteiger partial charge in [0, 0.05) is 17.1 Å². The molecular weight excluding hydrogens is 735 g/mol. The van der Waals surface area contributed by atoms with Crippen molar-refractivity contribution >= 4 is 49.4 Å². The second kappa shape index (κ2) is 15.6. The van der Waals surface area contributed by atoms with Crippen LogP contribution in [-0.2, 0) is 0 Å².